The normalized spacial score (nSPS) is 16.5. The Morgan fingerprint density at radius 3 is 2.43 bits per heavy atom. The molecule has 1 aromatic carbocycles. The summed E-state index contributed by atoms with van der Waals surface area (Å²) in [5, 5.41) is 12.8. The van der Waals surface area contributed by atoms with E-state index in [0.717, 1.165) is 47.3 Å². The van der Waals surface area contributed by atoms with Crippen LogP contribution in [-0.4, -0.2) is 55.2 Å². The Balaban J connectivity index is 1.77. The lowest BCUT2D eigenvalue weighted by Crippen LogP contribution is -2.39. The first kappa shape index (κ1) is 26.6. The van der Waals surface area contributed by atoms with Gasteiger partial charge in [-0.25, -0.2) is 9.78 Å². The molecule has 0 unspecified atom stereocenters. The molecular formula is C28H37N5O4. The minimum atomic E-state index is -0.586. The Hall–Kier alpha value is -3.46. The van der Waals surface area contributed by atoms with Crippen molar-refractivity contribution in [1.82, 2.24) is 19.4 Å². The number of carbonyl (C=O) groups is 2. The first-order chi connectivity index (χ1) is 17.4. The molecule has 9 nitrogen and oxygen atoms in total. The molecular weight excluding hydrogens is 470 g/mol. The molecule has 4 rings (SSSR count). The maximum atomic E-state index is 13.3. The van der Waals surface area contributed by atoms with E-state index in [4.69, 9.17) is 9.72 Å². The molecule has 2 amide bonds. The zero-order valence-corrected chi connectivity index (χ0v) is 22.6. The van der Waals surface area contributed by atoms with Crippen LogP contribution < -0.4 is 5.32 Å². The molecule has 1 fully saturated rings. The number of amides is 2. The van der Waals surface area contributed by atoms with Crippen molar-refractivity contribution in [2.75, 3.05) is 18.4 Å². The molecule has 0 saturated carbocycles. The first-order valence-corrected chi connectivity index (χ1v) is 12.8. The second-order valence-corrected chi connectivity index (χ2v) is 10.9. The van der Waals surface area contributed by atoms with Crippen LogP contribution >= 0.6 is 0 Å². The maximum absolute atomic E-state index is 13.3. The van der Waals surface area contributed by atoms with Crippen molar-refractivity contribution in [2.24, 2.45) is 0 Å². The molecule has 0 spiro atoms. The third kappa shape index (κ3) is 6.10. The molecule has 3 aromatic rings. The summed E-state index contributed by atoms with van der Waals surface area (Å²) in [6.07, 6.45) is 2.28. The Bertz CT molecular complexity index is 1300. The SMILES string of the molecule is Cc1cc(C(=O)Nc2nc3cc(CO)cc(C)c3n2[C@@H]2CCCCN(C(=O)OC(C)(C)C)C2)cc(C)n1. The fourth-order valence-electron chi connectivity index (χ4n) is 5.00. The lowest BCUT2D eigenvalue weighted by atomic mass is 10.1. The van der Waals surface area contributed by atoms with Gasteiger partial charge in [-0.2, -0.15) is 0 Å². The van der Waals surface area contributed by atoms with Crippen LogP contribution in [0.5, 0.6) is 0 Å². The van der Waals surface area contributed by atoms with E-state index >= 15 is 0 Å². The van der Waals surface area contributed by atoms with Crippen molar-refractivity contribution < 1.29 is 19.4 Å². The molecule has 1 aliphatic heterocycles. The smallest absolute Gasteiger partial charge is 0.410 e. The van der Waals surface area contributed by atoms with Crippen LogP contribution in [-0.2, 0) is 11.3 Å². The Labute approximate surface area is 217 Å². The summed E-state index contributed by atoms with van der Waals surface area (Å²) in [5.41, 5.74) is 4.71. The largest absolute Gasteiger partial charge is 0.444 e. The van der Waals surface area contributed by atoms with Gasteiger partial charge in [-0.05, 0) is 90.1 Å². The number of ether oxygens (including phenoxy) is 1. The summed E-state index contributed by atoms with van der Waals surface area (Å²) < 4.78 is 7.72. The topological polar surface area (TPSA) is 110 Å². The summed E-state index contributed by atoms with van der Waals surface area (Å²) in [4.78, 5) is 37.2. The molecule has 1 saturated heterocycles. The number of carbonyl (C=O) groups excluding carboxylic acids is 2. The number of pyridine rings is 1. The molecule has 37 heavy (non-hydrogen) atoms. The van der Waals surface area contributed by atoms with E-state index in [0.29, 0.717) is 30.1 Å². The highest BCUT2D eigenvalue weighted by molar-refractivity contribution is 6.04. The van der Waals surface area contributed by atoms with Crippen molar-refractivity contribution >= 4 is 29.0 Å². The van der Waals surface area contributed by atoms with E-state index in [1.807, 2.05) is 58.2 Å². The highest BCUT2D eigenvalue weighted by Gasteiger charge is 2.30. The molecule has 2 aromatic heterocycles. The van der Waals surface area contributed by atoms with E-state index in [1.165, 1.54) is 0 Å². The number of anilines is 1. The maximum Gasteiger partial charge on any atom is 0.410 e. The quantitative estimate of drug-likeness (QED) is 0.511. The van der Waals surface area contributed by atoms with Gasteiger partial charge in [-0.15, -0.1) is 0 Å². The van der Waals surface area contributed by atoms with Crippen molar-refractivity contribution in [3.8, 4) is 0 Å². The highest BCUT2D eigenvalue weighted by Crippen LogP contribution is 2.33. The number of imidazole rings is 1. The predicted octanol–water partition coefficient (Wildman–Crippen LogP) is 5.06. The van der Waals surface area contributed by atoms with Gasteiger partial charge in [0, 0.05) is 30.0 Å². The molecule has 198 valence electrons. The van der Waals surface area contributed by atoms with Crippen LogP contribution in [0.2, 0.25) is 0 Å². The van der Waals surface area contributed by atoms with Gasteiger partial charge in [0.2, 0.25) is 5.95 Å². The average Bonchev–Trinajstić information content (AvgIpc) is 2.98. The van der Waals surface area contributed by atoms with Crippen LogP contribution in [0.1, 0.15) is 78.9 Å². The molecule has 2 N–H and O–H groups in total. The van der Waals surface area contributed by atoms with Crippen LogP contribution in [0, 0.1) is 20.8 Å². The molecule has 1 atom stereocenters. The number of fused-ring (bicyclic) bond motifs is 1. The fraction of sp³-hybridized carbons (Fsp3) is 0.500. The molecule has 0 aliphatic carbocycles. The minimum absolute atomic E-state index is 0.100. The zero-order valence-electron chi connectivity index (χ0n) is 22.6. The summed E-state index contributed by atoms with van der Waals surface area (Å²) >= 11 is 0. The number of rotatable bonds is 4. The second kappa shape index (κ2) is 10.5. The summed E-state index contributed by atoms with van der Waals surface area (Å²) in [7, 11) is 0. The predicted molar refractivity (Wildman–Crippen MR) is 143 cm³/mol. The molecule has 1 aliphatic rings. The van der Waals surface area contributed by atoms with E-state index in [9.17, 15) is 14.7 Å². The second-order valence-electron chi connectivity index (χ2n) is 10.9. The summed E-state index contributed by atoms with van der Waals surface area (Å²) in [6, 6.07) is 7.16. The Kier molecular flexibility index (Phi) is 7.54. The van der Waals surface area contributed by atoms with Gasteiger partial charge in [-0.1, -0.05) is 6.07 Å². The summed E-state index contributed by atoms with van der Waals surface area (Å²) in [6.45, 7) is 12.2. The Morgan fingerprint density at radius 2 is 1.78 bits per heavy atom. The van der Waals surface area contributed by atoms with Gasteiger partial charge in [-0.3, -0.25) is 15.1 Å². The number of likely N-dealkylation sites (tertiary alicyclic amines) is 1. The Morgan fingerprint density at radius 1 is 1.08 bits per heavy atom. The van der Waals surface area contributed by atoms with Gasteiger partial charge in [0.05, 0.1) is 23.7 Å². The molecule has 0 radical (unpaired) electrons. The molecule has 3 heterocycles. The number of benzene rings is 1. The third-order valence-corrected chi connectivity index (χ3v) is 6.45. The fourth-order valence-corrected chi connectivity index (χ4v) is 5.00. The van der Waals surface area contributed by atoms with Crippen LogP contribution in [0.3, 0.4) is 0 Å². The lowest BCUT2D eigenvalue weighted by Gasteiger charge is -2.29. The molecule has 0 bridgehead atoms. The number of aryl methyl sites for hydroxylation is 3. The van der Waals surface area contributed by atoms with Gasteiger partial charge in [0.25, 0.3) is 5.91 Å². The zero-order chi connectivity index (χ0) is 26.9. The third-order valence-electron chi connectivity index (χ3n) is 6.45. The van der Waals surface area contributed by atoms with E-state index in [1.54, 1.807) is 17.0 Å². The average molecular weight is 508 g/mol. The van der Waals surface area contributed by atoms with Crippen molar-refractivity contribution in [2.45, 2.75) is 79.1 Å². The van der Waals surface area contributed by atoms with E-state index in [-0.39, 0.29) is 24.6 Å². The number of nitrogens with zero attached hydrogens (tertiary/aromatic N) is 4. The van der Waals surface area contributed by atoms with Crippen LogP contribution in [0.4, 0.5) is 10.7 Å². The van der Waals surface area contributed by atoms with Crippen LogP contribution in [0.15, 0.2) is 24.3 Å². The van der Waals surface area contributed by atoms with Gasteiger partial charge in [0.1, 0.15) is 5.60 Å². The van der Waals surface area contributed by atoms with E-state index < -0.39 is 5.60 Å². The van der Waals surface area contributed by atoms with Gasteiger partial charge < -0.3 is 19.3 Å². The van der Waals surface area contributed by atoms with Crippen LogP contribution in [0.25, 0.3) is 11.0 Å². The number of hydrogen-bond donors (Lipinski definition) is 2. The monoisotopic (exact) mass is 507 g/mol. The standard InChI is InChI=1S/C28H37N5O4/c1-17-11-20(16-34)14-23-24(17)33(22-9-7-8-10-32(15-22)27(36)37-28(4,5)6)26(30-23)31-25(35)21-12-18(2)29-19(3)13-21/h11-14,22,34H,7-10,15-16H2,1-6H3,(H,30,31,35)/t22-/m1/s1. The molecule has 9 heteroatoms. The van der Waals surface area contributed by atoms with Crippen molar-refractivity contribution in [3.63, 3.8) is 0 Å². The lowest BCUT2D eigenvalue weighted by molar-refractivity contribution is 0.0238. The first-order valence-electron chi connectivity index (χ1n) is 12.8. The number of hydrogen-bond acceptors (Lipinski definition) is 6. The number of aromatic nitrogens is 3. The number of aliphatic hydroxyl groups excluding tert-OH is 1. The highest BCUT2D eigenvalue weighted by atomic mass is 16.6. The van der Waals surface area contributed by atoms with Gasteiger partial charge in [0.15, 0.2) is 0 Å². The summed E-state index contributed by atoms with van der Waals surface area (Å²) in [5.74, 6) is 0.143. The van der Waals surface area contributed by atoms with Gasteiger partial charge >= 0.3 is 6.09 Å². The minimum Gasteiger partial charge on any atom is -0.444 e. The number of aliphatic hydroxyl groups is 1. The van der Waals surface area contributed by atoms with Crippen molar-refractivity contribution in [1.29, 1.82) is 0 Å². The van der Waals surface area contributed by atoms with E-state index in [2.05, 4.69) is 10.3 Å². The van der Waals surface area contributed by atoms with Crippen molar-refractivity contribution in [3.05, 3.63) is 52.3 Å². The number of nitrogens with one attached hydrogen (secondary N) is 1.